The Morgan fingerprint density at radius 1 is 1.25 bits per heavy atom. The summed E-state index contributed by atoms with van der Waals surface area (Å²) < 4.78 is 2.22. The Kier molecular flexibility index (Phi) is 3.14. The Labute approximate surface area is 118 Å². The molecule has 2 aromatic heterocycles. The van der Waals surface area contributed by atoms with Crippen molar-refractivity contribution in [3.63, 3.8) is 0 Å². The quantitative estimate of drug-likeness (QED) is 0.793. The monoisotopic (exact) mass is 266 g/mol. The van der Waals surface area contributed by atoms with E-state index in [-0.39, 0.29) is 0 Å². The van der Waals surface area contributed by atoms with Gasteiger partial charge in [-0.05, 0) is 37.6 Å². The number of anilines is 1. The van der Waals surface area contributed by atoms with E-state index in [9.17, 15) is 0 Å². The van der Waals surface area contributed by atoms with Gasteiger partial charge < -0.3 is 10.3 Å². The van der Waals surface area contributed by atoms with E-state index in [0.29, 0.717) is 6.42 Å². The summed E-state index contributed by atoms with van der Waals surface area (Å²) in [5, 5.41) is 0. The molecule has 4 heteroatoms. The number of imidazole rings is 1. The third kappa shape index (κ3) is 2.13. The van der Waals surface area contributed by atoms with Crippen molar-refractivity contribution in [2.45, 2.75) is 26.8 Å². The van der Waals surface area contributed by atoms with E-state index in [1.54, 1.807) is 0 Å². The summed E-state index contributed by atoms with van der Waals surface area (Å²) in [6.45, 7) is 5.01. The molecule has 1 aromatic carbocycles. The van der Waals surface area contributed by atoms with Crippen LogP contribution in [0.1, 0.15) is 24.0 Å². The summed E-state index contributed by atoms with van der Waals surface area (Å²) in [6.07, 6.45) is 2.51. The second-order valence-corrected chi connectivity index (χ2v) is 4.99. The van der Waals surface area contributed by atoms with Gasteiger partial charge in [0.25, 0.3) is 0 Å². The fourth-order valence-electron chi connectivity index (χ4n) is 2.53. The molecule has 0 fully saturated rings. The van der Waals surface area contributed by atoms with E-state index in [1.165, 1.54) is 0 Å². The minimum Gasteiger partial charge on any atom is -0.397 e. The zero-order chi connectivity index (χ0) is 14.1. The molecule has 2 N–H and O–H groups in total. The predicted octanol–water partition coefficient (Wildman–Crippen LogP) is 2.93. The van der Waals surface area contributed by atoms with Crippen molar-refractivity contribution in [3.05, 3.63) is 53.6 Å². The van der Waals surface area contributed by atoms with Crippen LogP contribution in [0.15, 0.2) is 36.5 Å². The number of fused-ring (bicyclic) bond motifs is 1. The Hall–Kier alpha value is -2.36. The number of para-hydroxylation sites is 2. The molecular formula is C16H18N4. The molecule has 0 saturated heterocycles. The van der Waals surface area contributed by atoms with Crippen LogP contribution in [0, 0.1) is 6.92 Å². The number of aromatic nitrogens is 3. The van der Waals surface area contributed by atoms with Gasteiger partial charge in [-0.25, -0.2) is 4.98 Å². The average molecular weight is 266 g/mol. The highest BCUT2D eigenvalue weighted by molar-refractivity contribution is 5.76. The number of hydrogen-bond donors (Lipinski definition) is 1. The molecule has 0 aliphatic rings. The van der Waals surface area contributed by atoms with E-state index in [1.807, 2.05) is 37.4 Å². The van der Waals surface area contributed by atoms with Crippen LogP contribution < -0.4 is 5.73 Å². The average Bonchev–Trinajstić information content (AvgIpc) is 2.79. The molecule has 0 bridgehead atoms. The van der Waals surface area contributed by atoms with Crippen molar-refractivity contribution in [1.29, 1.82) is 0 Å². The summed E-state index contributed by atoms with van der Waals surface area (Å²) in [5.41, 5.74) is 10.9. The molecule has 0 radical (unpaired) electrons. The number of hydrogen-bond acceptors (Lipinski definition) is 3. The minimum atomic E-state index is 0.661. The lowest BCUT2D eigenvalue weighted by Gasteiger charge is -2.08. The number of nitrogens with zero attached hydrogens (tertiary/aromatic N) is 3. The van der Waals surface area contributed by atoms with Crippen molar-refractivity contribution in [1.82, 2.24) is 14.5 Å². The first kappa shape index (κ1) is 12.7. The maximum Gasteiger partial charge on any atom is 0.115 e. The van der Waals surface area contributed by atoms with Gasteiger partial charge in [0.05, 0.1) is 28.8 Å². The van der Waals surface area contributed by atoms with E-state index in [4.69, 9.17) is 10.7 Å². The second kappa shape index (κ2) is 4.96. The fourth-order valence-corrected chi connectivity index (χ4v) is 2.53. The van der Waals surface area contributed by atoms with Crippen LogP contribution in [-0.2, 0) is 13.0 Å². The number of nitrogens with two attached hydrogens (primary N) is 1. The predicted molar refractivity (Wildman–Crippen MR) is 81.6 cm³/mol. The Morgan fingerprint density at radius 2 is 2.05 bits per heavy atom. The summed E-state index contributed by atoms with van der Waals surface area (Å²) in [6, 6.07) is 10.1. The third-order valence-electron chi connectivity index (χ3n) is 3.52. The highest BCUT2D eigenvalue weighted by Gasteiger charge is 2.11. The molecule has 0 aliphatic heterocycles. The van der Waals surface area contributed by atoms with Gasteiger partial charge >= 0.3 is 0 Å². The molecule has 0 aliphatic carbocycles. The number of pyridine rings is 1. The third-order valence-corrected chi connectivity index (χ3v) is 3.52. The van der Waals surface area contributed by atoms with Crippen LogP contribution in [0.5, 0.6) is 0 Å². The van der Waals surface area contributed by atoms with Crippen LogP contribution >= 0.6 is 0 Å². The molecule has 0 spiro atoms. The topological polar surface area (TPSA) is 56.7 Å². The Balaban J connectivity index is 2.06. The summed E-state index contributed by atoms with van der Waals surface area (Å²) in [5.74, 6) is 1.01. The Bertz CT molecular complexity index is 758. The zero-order valence-electron chi connectivity index (χ0n) is 11.8. The van der Waals surface area contributed by atoms with E-state index in [2.05, 4.69) is 22.5 Å². The zero-order valence-corrected chi connectivity index (χ0v) is 11.8. The first-order valence-corrected chi connectivity index (χ1v) is 6.84. The number of rotatable bonds is 3. The number of aryl methyl sites for hydroxylation is 2. The van der Waals surface area contributed by atoms with E-state index >= 15 is 0 Å². The van der Waals surface area contributed by atoms with Gasteiger partial charge in [-0.1, -0.05) is 12.1 Å². The lowest BCUT2D eigenvalue weighted by Crippen LogP contribution is -2.06. The van der Waals surface area contributed by atoms with Crippen molar-refractivity contribution >= 4 is 16.7 Å². The largest absolute Gasteiger partial charge is 0.397 e. The molecule has 3 aromatic rings. The molecule has 0 unspecified atom stereocenters. The Morgan fingerprint density at radius 3 is 2.80 bits per heavy atom. The summed E-state index contributed by atoms with van der Waals surface area (Å²) >= 11 is 0. The lowest BCUT2D eigenvalue weighted by molar-refractivity contribution is 0.729. The van der Waals surface area contributed by atoms with Crippen LogP contribution in [0.4, 0.5) is 5.69 Å². The highest BCUT2D eigenvalue weighted by atomic mass is 15.1. The van der Waals surface area contributed by atoms with E-state index in [0.717, 1.165) is 40.3 Å². The SMILES string of the molecule is CCn1c(Cc2ncc(C)cc2N)nc2ccccc21. The van der Waals surface area contributed by atoms with Gasteiger partial charge in [0, 0.05) is 12.7 Å². The molecule has 0 atom stereocenters. The van der Waals surface area contributed by atoms with Crippen molar-refractivity contribution in [2.24, 2.45) is 0 Å². The molecule has 2 heterocycles. The maximum atomic E-state index is 6.06. The lowest BCUT2D eigenvalue weighted by atomic mass is 10.2. The molecule has 20 heavy (non-hydrogen) atoms. The van der Waals surface area contributed by atoms with Crippen LogP contribution in [0.3, 0.4) is 0 Å². The molecule has 4 nitrogen and oxygen atoms in total. The molecule has 3 rings (SSSR count). The number of benzene rings is 1. The van der Waals surface area contributed by atoms with Crippen molar-refractivity contribution < 1.29 is 0 Å². The van der Waals surface area contributed by atoms with Gasteiger partial charge in [-0.2, -0.15) is 0 Å². The summed E-state index contributed by atoms with van der Waals surface area (Å²) in [7, 11) is 0. The molecule has 0 saturated carbocycles. The second-order valence-electron chi connectivity index (χ2n) is 4.99. The first-order valence-electron chi connectivity index (χ1n) is 6.84. The van der Waals surface area contributed by atoms with Crippen LogP contribution in [0.25, 0.3) is 11.0 Å². The first-order chi connectivity index (χ1) is 9.69. The van der Waals surface area contributed by atoms with Gasteiger partial charge in [-0.15, -0.1) is 0 Å². The number of nitrogen functional groups attached to an aromatic ring is 1. The fraction of sp³-hybridized carbons (Fsp3) is 0.250. The van der Waals surface area contributed by atoms with E-state index < -0.39 is 0 Å². The molecule has 102 valence electrons. The van der Waals surface area contributed by atoms with Crippen molar-refractivity contribution in [2.75, 3.05) is 5.73 Å². The maximum absolute atomic E-state index is 6.06. The van der Waals surface area contributed by atoms with Gasteiger partial charge in [0.15, 0.2) is 0 Å². The minimum absolute atomic E-state index is 0.661. The van der Waals surface area contributed by atoms with Crippen molar-refractivity contribution in [3.8, 4) is 0 Å². The smallest absolute Gasteiger partial charge is 0.115 e. The normalized spacial score (nSPS) is 11.1. The van der Waals surface area contributed by atoms with Gasteiger partial charge in [0.2, 0.25) is 0 Å². The highest BCUT2D eigenvalue weighted by Crippen LogP contribution is 2.20. The standard InChI is InChI=1S/C16H18N4/c1-3-20-15-7-5-4-6-13(15)19-16(20)9-14-12(17)8-11(2)10-18-14/h4-8,10H,3,9,17H2,1-2H3. The summed E-state index contributed by atoms with van der Waals surface area (Å²) in [4.78, 5) is 9.15. The molecule has 0 amide bonds. The van der Waals surface area contributed by atoms with Crippen LogP contribution in [-0.4, -0.2) is 14.5 Å². The van der Waals surface area contributed by atoms with Crippen LogP contribution in [0.2, 0.25) is 0 Å². The van der Waals surface area contributed by atoms with Gasteiger partial charge in [0.1, 0.15) is 5.82 Å². The molecular weight excluding hydrogens is 248 g/mol. The van der Waals surface area contributed by atoms with Gasteiger partial charge in [-0.3, -0.25) is 4.98 Å².